The lowest BCUT2D eigenvalue weighted by atomic mass is 10.2. The van der Waals surface area contributed by atoms with E-state index in [2.05, 4.69) is 32.6 Å². The SMILES string of the molecule is COC(=O)c1c(Br)c(C)n(Cc2ccccc2)c1C. The van der Waals surface area contributed by atoms with E-state index in [0.717, 1.165) is 22.4 Å². The van der Waals surface area contributed by atoms with Crippen LogP contribution in [-0.2, 0) is 11.3 Å². The highest BCUT2D eigenvalue weighted by atomic mass is 79.9. The van der Waals surface area contributed by atoms with Crippen LogP contribution in [0.3, 0.4) is 0 Å². The summed E-state index contributed by atoms with van der Waals surface area (Å²) < 4.78 is 7.76. The first-order valence-electron chi connectivity index (χ1n) is 6.03. The van der Waals surface area contributed by atoms with E-state index in [0.29, 0.717) is 5.56 Å². The molecule has 0 saturated carbocycles. The molecule has 2 rings (SSSR count). The Morgan fingerprint density at radius 1 is 1.21 bits per heavy atom. The van der Waals surface area contributed by atoms with E-state index in [4.69, 9.17) is 4.74 Å². The summed E-state index contributed by atoms with van der Waals surface area (Å²) in [6.07, 6.45) is 0. The lowest BCUT2D eigenvalue weighted by Gasteiger charge is -2.09. The van der Waals surface area contributed by atoms with Crippen LogP contribution in [0.15, 0.2) is 34.8 Å². The molecule has 3 nitrogen and oxygen atoms in total. The van der Waals surface area contributed by atoms with Gasteiger partial charge in [-0.3, -0.25) is 0 Å². The van der Waals surface area contributed by atoms with E-state index < -0.39 is 0 Å². The van der Waals surface area contributed by atoms with Gasteiger partial charge in [0.05, 0.1) is 17.1 Å². The number of esters is 1. The molecule has 0 unspecified atom stereocenters. The van der Waals surface area contributed by atoms with Gasteiger partial charge in [-0.05, 0) is 35.3 Å². The average molecular weight is 322 g/mol. The topological polar surface area (TPSA) is 31.2 Å². The van der Waals surface area contributed by atoms with Crippen LogP contribution < -0.4 is 0 Å². The number of aromatic nitrogens is 1. The number of carbonyl (C=O) groups is 1. The van der Waals surface area contributed by atoms with Crippen molar-refractivity contribution in [3.8, 4) is 0 Å². The molecular formula is C15H16BrNO2. The number of hydrogen-bond acceptors (Lipinski definition) is 2. The van der Waals surface area contributed by atoms with Gasteiger partial charge in [0.25, 0.3) is 0 Å². The second kappa shape index (κ2) is 5.61. The maximum atomic E-state index is 11.8. The zero-order valence-corrected chi connectivity index (χ0v) is 12.8. The van der Waals surface area contributed by atoms with Gasteiger partial charge >= 0.3 is 5.97 Å². The highest BCUT2D eigenvalue weighted by molar-refractivity contribution is 9.10. The predicted molar refractivity (Wildman–Crippen MR) is 78.5 cm³/mol. The summed E-state index contributed by atoms with van der Waals surface area (Å²) in [6, 6.07) is 10.2. The monoisotopic (exact) mass is 321 g/mol. The van der Waals surface area contributed by atoms with Crippen LogP contribution in [0.4, 0.5) is 0 Å². The normalized spacial score (nSPS) is 10.5. The molecule has 4 heteroatoms. The average Bonchev–Trinajstić information content (AvgIpc) is 2.63. The lowest BCUT2D eigenvalue weighted by Crippen LogP contribution is -2.07. The van der Waals surface area contributed by atoms with Crippen LogP contribution in [0.2, 0.25) is 0 Å². The summed E-state index contributed by atoms with van der Waals surface area (Å²) in [5.41, 5.74) is 3.75. The maximum absolute atomic E-state index is 11.8. The van der Waals surface area contributed by atoms with Gasteiger partial charge in [0.1, 0.15) is 0 Å². The third-order valence-corrected chi connectivity index (χ3v) is 4.25. The fourth-order valence-corrected chi connectivity index (χ4v) is 2.85. The molecule has 0 aliphatic rings. The van der Waals surface area contributed by atoms with Crippen LogP contribution in [0, 0.1) is 13.8 Å². The van der Waals surface area contributed by atoms with Crippen molar-refractivity contribution in [2.45, 2.75) is 20.4 Å². The molecule has 100 valence electrons. The van der Waals surface area contributed by atoms with E-state index in [9.17, 15) is 4.79 Å². The molecule has 0 bridgehead atoms. The lowest BCUT2D eigenvalue weighted by molar-refractivity contribution is 0.0599. The summed E-state index contributed by atoms with van der Waals surface area (Å²) >= 11 is 3.48. The molecule has 1 aromatic heterocycles. The second-order valence-electron chi connectivity index (χ2n) is 4.42. The molecule has 0 saturated heterocycles. The van der Waals surface area contributed by atoms with Gasteiger partial charge in [0.2, 0.25) is 0 Å². The fourth-order valence-electron chi connectivity index (χ4n) is 2.19. The van der Waals surface area contributed by atoms with Crippen molar-refractivity contribution in [3.05, 3.63) is 57.3 Å². The van der Waals surface area contributed by atoms with Gasteiger partial charge in [-0.25, -0.2) is 4.79 Å². The third kappa shape index (κ3) is 2.59. The Morgan fingerprint density at radius 2 is 1.84 bits per heavy atom. The van der Waals surface area contributed by atoms with Crippen molar-refractivity contribution in [3.63, 3.8) is 0 Å². The van der Waals surface area contributed by atoms with Crippen molar-refractivity contribution in [2.75, 3.05) is 7.11 Å². The fraction of sp³-hybridized carbons (Fsp3) is 0.267. The largest absolute Gasteiger partial charge is 0.465 e. The molecule has 0 spiro atoms. The smallest absolute Gasteiger partial charge is 0.340 e. The molecular weight excluding hydrogens is 306 g/mol. The van der Waals surface area contributed by atoms with Crippen molar-refractivity contribution in [1.29, 1.82) is 0 Å². The number of nitrogens with zero attached hydrogens (tertiary/aromatic N) is 1. The van der Waals surface area contributed by atoms with Gasteiger partial charge in [-0.15, -0.1) is 0 Å². The highest BCUT2D eigenvalue weighted by Gasteiger charge is 2.21. The molecule has 0 fully saturated rings. The molecule has 0 radical (unpaired) electrons. The summed E-state index contributed by atoms with van der Waals surface area (Å²) in [5.74, 6) is -0.306. The van der Waals surface area contributed by atoms with Crippen molar-refractivity contribution < 1.29 is 9.53 Å². The molecule has 0 aliphatic heterocycles. The minimum atomic E-state index is -0.306. The molecule has 0 N–H and O–H groups in total. The molecule has 19 heavy (non-hydrogen) atoms. The first kappa shape index (κ1) is 13.9. The van der Waals surface area contributed by atoms with Gasteiger partial charge in [-0.1, -0.05) is 30.3 Å². The summed E-state index contributed by atoms with van der Waals surface area (Å²) in [6.45, 7) is 4.67. The Bertz CT molecular complexity index is 602. The molecule has 2 aromatic rings. The second-order valence-corrected chi connectivity index (χ2v) is 5.22. The van der Waals surface area contributed by atoms with Crippen LogP contribution in [-0.4, -0.2) is 17.6 Å². The first-order chi connectivity index (χ1) is 9.06. The molecule has 0 amide bonds. The van der Waals surface area contributed by atoms with Crippen LogP contribution in [0.25, 0.3) is 0 Å². The van der Waals surface area contributed by atoms with Gasteiger partial charge < -0.3 is 9.30 Å². The Morgan fingerprint density at radius 3 is 2.42 bits per heavy atom. The number of ether oxygens (including phenoxy) is 1. The van der Waals surface area contributed by atoms with Crippen molar-refractivity contribution in [1.82, 2.24) is 4.57 Å². The molecule has 1 aromatic carbocycles. The molecule has 1 heterocycles. The number of halogens is 1. The Labute approximate surface area is 121 Å². The van der Waals surface area contributed by atoms with Gasteiger partial charge in [0, 0.05) is 17.9 Å². The quantitative estimate of drug-likeness (QED) is 0.807. The minimum absolute atomic E-state index is 0.306. The Hall–Kier alpha value is -1.55. The number of hydrogen-bond donors (Lipinski definition) is 0. The number of methoxy groups -OCH3 is 1. The van der Waals surface area contributed by atoms with Crippen LogP contribution >= 0.6 is 15.9 Å². The standard InChI is InChI=1S/C15H16BrNO2/c1-10-13(15(18)19-3)14(16)11(2)17(10)9-12-7-5-4-6-8-12/h4-8H,9H2,1-3H3. The van der Waals surface area contributed by atoms with Gasteiger partial charge in [-0.2, -0.15) is 0 Å². The third-order valence-electron chi connectivity index (χ3n) is 3.28. The van der Waals surface area contributed by atoms with Crippen LogP contribution in [0.1, 0.15) is 27.3 Å². The zero-order valence-electron chi connectivity index (χ0n) is 11.2. The summed E-state index contributed by atoms with van der Waals surface area (Å²) in [5, 5.41) is 0. The molecule has 0 aliphatic carbocycles. The summed E-state index contributed by atoms with van der Waals surface area (Å²) in [4.78, 5) is 11.8. The van der Waals surface area contributed by atoms with E-state index in [1.165, 1.54) is 12.7 Å². The predicted octanol–water partition coefficient (Wildman–Crippen LogP) is 3.70. The Balaban J connectivity index is 2.45. The number of benzene rings is 1. The van der Waals surface area contributed by atoms with E-state index in [1.54, 1.807) is 0 Å². The zero-order chi connectivity index (χ0) is 14.0. The van der Waals surface area contributed by atoms with Crippen LogP contribution in [0.5, 0.6) is 0 Å². The highest BCUT2D eigenvalue weighted by Crippen LogP contribution is 2.29. The number of carbonyl (C=O) groups excluding carboxylic acids is 1. The van der Waals surface area contributed by atoms with E-state index >= 15 is 0 Å². The van der Waals surface area contributed by atoms with Crippen molar-refractivity contribution in [2.24, 2.45) is 0 Å². The number of rotatable bonds is 3. The van der Waals surface area contributed by atoms with Crippen molar-refractivity contribution >= 4 is 21.9 Å². The summed E-state index contributed by atoms with van der Waals surface area (Å²) in [7, 11) is 1.40. The van der Waals surface area contributed by atoms with Gasteiger partial charge in [0.15, 0.2) is 0 Å². The molecule has 0 atom stereocenters. The maximum Gasteiger partial charge on any atom is 0.340 e. The first-order valence-corrected chi connectivity index (χ1v) is 6.83. The Kier molecular flexibility index (Phi) is 4.10. The van der Waals surface area contributed by atoms with E-state index in [-0.39, 0.29) is 5.97 Å². The minimum Gasteiger partial charge on any atom is -0.465 e. The van der Waals surface area contributed by atoms with E-state index in [1.807, 2.05) is 32.0 Å².